The van der Waals surface area contributed by atoms with Gasteiger partial charge in [-0.15, -0.1) is 24.0 Å². The predicted octanol–water partition coefficient (Wildman–Crippen LogP) is 3.52. The van der Waals surface area contributed by atoms with Crippen molar-refractivity contribution in [2.24, 2.45) is 16.8 Å². The maximum absolute atomic E-state index is 5.48. The van der Waals surface area contributed by atoms with Crippen LogP contribution in [0.1, 0.15) is 31.2 Å². The molecule has 2 fully saturated rings. The molecule has 0 bridgehead atoms. The van der Waals surface area contributed by atoms with E-state index in [9.17, 15) is 0 Å². The van der Waals surface area contributed by atoms with Gasteiger partial charge in [-0.3, -0.25) is 4.99 Å². The van der Waals surface area contributed by atoms with Gasteiger partial charge in [-0.05, 0) is 36.8 Å². The summed E-state index contributed by atoms with van der Waals surface area (Å²) < 4.78 is 10.7. The van der Waals surface area contributed by atoms with Gasteiger partial charge in [0.15, 0.2) is 5.96 Å². The van der Waals surface area contributed by atoms with Crippen LogP contribution in [0.2, 0.25) is 0 Å². The Morgan fingerprint density at radius 3 is 2.40 bits per heavy atom. The van der Waals surface area contributed by atoms with E-state index in [-0.39, 0.29) is 24.0 Å². The van der Waals surface area contributed by atoms with Crippen LogP contribution in [0.5, 0.6) is 11.5 Å². The van der Waals surface area contributed by atoms with Crippen LogP contribution in [-0.4, -0.2) is 45.2 Å². The van der Waals surface area contributed by atoms with E-state index in [1.165, 1.54) is 25.7 Å². The van der Waals surface area contributed by atoms with Crippen LogP contribution in [0, 0.1) is 11.8 Å². The summed E-state index contributed by atoms with van der Waals surface area (Å²) in [5.74, 6) is 4.36. The highest BCUT2D eigenvalue weighted by atomic mass is 127. The minimum Gasteiger partial charge on any atom is -0.497 e. The van der Waals surface area contributed by atoms with Gasteiger partial charge in [-0.2, -0.15) is 0 Å². The minimum absolute atomic E-state index is 0. The Labute approximate surface area is 168 Å². The predicted molar refractivity (Wildman–Crippen MR) is 112 cm³/mol. The standard InChI is InChI=1S/C19H29N3O2.HI/c1-20-19(22-12-15-6-4-5-7-16(15)13-22)21-11-14-8-9-17(23-2)10-18(14)24-3;/h8-10,15-16H,4-7,11-13H2,1-3H3,(H,20,21);1H. The van der Waals surface area contributed by atoms with Crippen molar-refractivity contribution in [1.82, 2.24) is 10.2 Å². The fraction of sp³-hybridized carbons (Fsp3) is 0.632. The Bertz CT molecular complexity index is 580. The van der Waals surface area contributed by atoms with Gasteiger partial charge >= 0.3 is 0 Å². The molecule has 1 saturated carbocycles. The van der Waals surface area contributed by atoms with Crippen LogP contribution >= 0.6 is 24.0 Å². The Kier molecular flexibility index (Phi) is 7.65. The van der Waals surface area contributed by atoms with E-state index in [1.54, 1.807) is 14.2 Å². The molecule has 1 aromatic rings. The molecule has 2 aliphatic rings. The topological polar surface area (TPSA) is 46.1 Å². The quantitative estimate of drug-likeness (QED) is 0.425. The first-order valence-electron chi connectivity index (χ1n) is 8.91. The van der Waals surface area contributed by atoms with E-state index < -0.39 is 0 Å². The molecule has 0 aromatic heterocycles. The molecule has 5 nitrogen and oxygen atoms in total. The van der Waals surface area contributed by atoms with E-state index >= 15 is 0 Å². The number of aliphatic imine (C=N–C) groups is 1. The number of ether oxygens (including phenoxy) is 2. The van der Waals surface area contributed by atoms with Crippen molar-refractivity contribution in [1.29, 1.82) is 0 Å². The van der Waals surface area contributed by atoms with Crippen molar-refractivity contribution in [3.05, 3.63) is 23.8 Å². The van der Waals surface area contributed by atoms with E-state index in [0.717, 1.165) is 47.9 Å². The maximum atomic E-state index is 5.48. The van der Waals surface area contributed by atoms with Gasteiger partial charge in [0.2, 0.25) is 0 Å². The Morgan fingerprint density at radius 2 is 1.84 bits per heavy atom. The average molecular weight is 459 g/mol. The highest BCUT2D eigenvalue weighted by Gasteiger charge is 2.35. The molecule has 6 heteroatoms. The van der Waals surface area contributed by atoms with Crippen LogP contribution in [-0.2, 0) is 6.54 Å². The third-order valence-corrected chi connectivity index (χ3v) is 5.42. The molecule has 1 aliphatic heterocycles. The zero-order valence-electron chi connectivity index (χ0n) is 15.5. The number of nitrogens with zero attached hydrogens (tertiary/aromatic N) is 2. The van der Waals surface area contributed by atoms with E-state index in [2.05, 4.69) is 15.2 Å². The number of benzene rings is 1. The second kappa shape index (κ2) is 9.50. The molecule has 0 amide bonds. The molecule has 1 N–H and O–H groups in total. The van der Waals surface area contributed by atoms with Gasteiger partial charge < -0.3 is 19.7 Å². The second-order valence-electron chi connectivity index (χ2n) is 6.79. The summed E-state index contributed by atoms with van der Waals surface area (Å²) in [6.07, 6.45) is 5.54. The molecule has 1 heterocycles. The van der Waals surface area contributed by atoms with Gasteiger partial charge in [-0.25, -0.2) is 0 Å². The monoisotopic (exact) mass is 459 g/mol. The van der Waals surface area contributed by atoms with Crippen molar-refractivity contribution in [3.63, 3.8) is 0 Å². The number of likely N-dealkylation sites (tertiary alicyclic amines) is 1. The van der Waals surface area contributed by atoms with Gasteiger partial charge in [-0.1, -0.05) is 12.8 Å². The summed E-state index contributed by atoms with van der Waals surface area (Å²) in [6.45, 7) is 2.99. The normalized spacial score (nSPS) is 22.8. The van der Waals surface area contributed by atoms with Crippen LogP contribution < -0.4 is 14.8 Å². The number of rotatable bonds is 4. The van der Waals surface area contributed by atoms with Crippen LogP contribution in [0.15, 0.2) is 23.2 Å². The number of fused-ring (bicyclic) bond motifs is 1. The number of halogens is 1. The third-order valence-electron chi connectivity index (χ3n) is 5.42. The molecular formula is C19H30IN3O2. The summed E-state index contributed by atoms with van der Waals surface area (Å²) in [5.41, 5.74) is 1.11. The molecule has 25 heavy (non-hydrogen) atoms. The fourth-order valence-electron chi connectivity index (χ4n) is 4.08. The molecule has 0 spiro atoms. The minimum atomic E-state index is 0. The molecule has 2 unspecified atom stereocenters. The lowest BCUT2D eigenvalue weighted by atomic mass is 9.82. The zero-order chi connectivity index (χ0) is 16.9. The van der Waals surface area contributed by atoms with Crippen molar-refractivity contribution >= 4 is 29.9 Å². The molecular weight excluding hydrogens is 429 g/mol. The fourth-order valence-corrected chi connectivity index (χ4v) is 4.08. The van der Waals surface area contributed by atoms with Crippen LogP contribution in [0.25, 0.3) is 0 Å². The first-order valence-corrected chi connectivity index (χ1v) is 8.91. The highest BCUT2D eigenvalue weighted by Crippen LogP contribution is 2.36. The summed E-state index contributed by atoms with van der Waals surface area (Å²) >= 11 is 0. The number of guanidine groups is 1. The summed E-state index contributed by atoms with van der Waals surface area (Å²) in [5, 5.41) is 3.50. The number of methoxy groups -OCH3 is 2. The molecule has 1 aromatic carbocycles. The molecule has 1 aliphatic carbocycles. The van der Waals surface area contributed by atoms with Gasteiger partial charge in [0.05, 0.1) is 14.2 Å². The molecule has 140 valence electrons. The van der Waals surface area contributed by atoms with E-state index in [4.69, 9.17) is 9.47 Å². The molecule has 0 radical (unpaired) electrons. The zero-order valence-corrected chi connectivity index (χ0v) is 17.8. The largest absolute Gasteiger partial charge is 0.497 e. The molecule has 1 saturated heterocycles. The Hall–Kier alpha value is -1.18. The van der Waals surface area contributed by atoms with Crippen LogP contribution in [0.3, 0.4) is 0 Å². The lowest BCUT2D eigenvalue weighted by Crippen LogP contribution is -2.39. The number of hydrogen-bond acceptors (Lipinski definition) is 3. The van der Waals surface area contributed by atoms with Gasteiger partial charge in [0.25, 0.3) is 0 Å². The second-order valence-corrected chi connectivity index (χ2v) is 6.79. The SMILES string of the molecule is CN=C(NCc1ccc(OC)cc1OC)N1CC2CCCCC2C1.I. The summed E-state index contributed by atoms with van der Waals surface area (Å²) in [4.78, 5) is 6.93. The van der Waals surface area contributed by atoms with E-state index in [1.807, 2.05) is 25.2 Å². The van der Waals surface area contributed by atoms with Gasteiger partial charge in [0, 0.05) is 38.3 Å². The lowest BCUT2D eigenvalue weighted by molar-refractivity contribution is 0.299. The first-order chi connectivity index (χ1) is 11.7. The summed E-state index contributed by atoms with van der Waals surface area (Å²) in [7, 11) is 5.23. The smallest absolute Gasteiger partial charge is 0.193 e. The Morgan fingerprint density at radius 1 is 1.16 bits per heavy atom. The number of hydrogen-bond donors (Lipinski definition) is 1. The van der Waals surface area contributed by atoms with Crippen molar-refractivity contribution in [2.45, 2.75) is 32.2 Å². The molecule has 3 rings (SSSR count). The third kappa shape index (κ3) is 4.71. The maximum Gasteiger partial charge on any atom is 0.193 e. The average Bonchev–Trinajstić information content (AvgIpc) is 3.06. The van der Waals surface area contributed by atoms with Crippen molar-refractivity contribution < 1.29 is 9.47 Å². The molecule has 2 atom stereocenters. The summed E-state index contributed by atoms with van der Waals surface area (Å²) in [6, 6.07) is 5.93. The van der Waals surface area contributed by atoms with Crippen molar-refractivity contribution in [2.75, 3.05) is 34.4 Å². The number of nitrogens with one attached hydrogen (secondary N) is 1. The van der Waals surface area contributed by atoms with E-state index in [0.29, 0.717) is 6.54 Å². The van der Waals surface area contributed by atoms with Crippen LogP contribution in [0.4, 0.5) is 0 Å². The van der Waals surface area contributed by atoms with Gasteiger partial charge in [0.1, 0.15) is 11.5 Å². The lowest BCUT2D eigenvalue weighted by Gasteiger charge is -2.22. The Balaban J connectivity index is 0.00000225. The van der Waals surface area contributed by atoms with Crippen molar-refractivity contribution in [3.8, 4) is 11.5 Å². The first kappa shape index (κ1) is 20.1. The highest BCUT2D eigenvalue weighted by molar-refractivity contribution is 14.0.